The zero-order chi connectivity index (χ0) is 25.2. The number of rotatable bonds is 13. The van der Waals surface area contributed by atoms with Crippen LogP contribution in [-0.4, -0.2) is 59.9 Å². The van der Waals surface area contributed by atoms with Crippen molar-refractivity contribution in [1.82, 2.24) is 14.8 Å². The second kappa shape index (κ2) is 13.5. The van der Waals surface area contributed by atoms with Crippen molar-refractivity contribution in [1.29, 1.82) is 0 Å². The van der Waals surface area contributed by atoms with Gasteiger partial charge in [0.15, 0.2) is 0 Å². The molecule has 0 spiro atoms. The third-order valence-electron chi connectivity index (χ3n) is 5.96. The number of hydrogen-bond donors (Lipinski definition) is 1. The number of aromatic amines is 1. The first kappa shape index (κ1) is 27.1. The quantitative estimate of drug-likeness (QED) is 0.295. The lowest BCUT2D eigenvalue weighted by atomic mass is 10.1. The lowest BCUT2D eigenvalue weighted by Crippen LogP contribution is -2.43. The Labute approximate surface area is 217 Å². The van der Waals surface area contributed by atoms with Crippen molar-refractivity contribution in [2.45, 2.75) is 39.2 Å². The fourth-order valence-electron chi connectivity index (χ4n) is 4.07. The minimum atomic E-state index is -0.0993. The van der Waals surface area contributed by atoms with Crippen molar-refractivity contribution in [3.05, 3.63) is 69.8 Å². The highest BCUT2D eigenvalue weighted by atomic mass is 35.5. The molecule has 3 aromatic rings. The maximum atomic E-state index is 13.5. The van der Waals surface area contributed by atoms with E-state index in [-0.39, 0.29) is 18.4 Å². The predicted molar refractivity (Wildman–Crippen MR) is 142 cm³/mol. The average Bonchev–Trinajstić information content (AvgIpc) is 3.26. The van der Waals surface area contributed by atoms with E-state index in [0.29, 0.717) is 55.5 Å². The number of carbonyl (C=O) groups excluding carboxylic acids is 2. The molecule has 2 aromatic carbocycles. The highest BCUT2D eigenvalue weighted by Crippen LogP contribution is 2.24. The first-order valence-electron chi connectivity index (χ1n) is 12.0. The van der Waals surface area contributed by atoms with Gasteiger partial charge in [-0.1, -0.05) is 54.4 Å². The molecule has 1 heterocycles. The highest BCUT2D eigenvalue weighted by molar-refractivity contribution is 6.42. The average molecular weight is 518 g/mol. The van der Waals surface area contributed by atoms with Crippen LogP contribution in [0.1, 0.15) is 37.3 Å². The van der Waals surface area contributed by atoms with E-state index < -0.39 is 0 Å². The lowest BCUT2D eigenvalue weighted by molar-refractivity contribution is -0.141. The van der Waals surface area contributed by atoms with Crippen LogP contribution < -0.4 is 0 Å². The van der Waals surface area contributed by atoms with Gasteiger partial charge in [0.2, 0.25) is 11.8 Å². The minimum absolute atomic E-state index is 0.0110. The van der Waals surface area contributed by atoms with Crippen molar-refractivity contribution in [3.63, 3.8) is 0 Å². The Balaban J connectivity index is 1.78. The van der Waals surface area contributed by atoms with Gasteiger partial charge in [-0.15, -0.1) is 0 Å². The molecule has 188 valence electrons. The van der Waals surface area contributed by atoms with Gasteiger partial charge in [0.25, 0.3) is 0 Å². The standard InChI is InChI=1S/C27H33Cl2N3O3/c1-3-7-26(33)31(13-6-15-35-2)19-27(34)32(18-20-10-11-23(28)24(29)16-20)14-12-21-17-30-25-9-5-4-8-22(21)25/h4-5,8-11,16-17,30H,3,6-7,12-15,18-19H2,1-2H3. The van der Waals surface area contributed by atoms with Gasteiger partial charge in [0.1, 0.15) is 0 Å². The molecule has 3 rings (SSSR count). The van der Waals surface area contributed by atoms with Crippen molar-refractivity contribution in [2.75, 3.05) is 33.4 Å². The third-order valence-corrected chi connectivity index (χ3v) is 6.69. The van der Waals surface area contributed by atoms with Crippen LogP contribution in [0.4, 0.5) is 0 Å². The van der Waals surface area contributed by atoms with Crippen molar-refractivity contribution in [3.8, 4) is 0 Å². The number of benzene rings is 2. The number of amides is 2. The van der Waals surface area contributed by atoms with E-state index in [4.69, 9.17) is 27.9 Å². The van der Waals surface area contributed by atoms with Gasteiger partial charge in [-0.25, -0.2) is 0 Å². The maximum Gasteiger partial charge on any atom is 0.242 e. The van der Waals surface area contributed by atoms with E-state index >= 15 is 0 Å². The van der Waals surface area contributed by atoms with Crippen molar-refractivity contribution < 1.29 is 14.3 Å². The lowest BCUT2D eigenvalue weighted by Gasteiger charge is -2.28. The number of H-pyrrole nitrogens is 1. The van der Waals surface area contributed by atoms with Crippen molar-refractivity contribution in [2.24, 2.45) is 0 Å². The molecule has 1 N–H and O–H groups in total. The van der Waals surface area contributed by atoms with Crippen molar-refractivity contribution >= 4 is 45.9 Å². The zero-order valence-corrected chi connectivity index (χ0v) is 21.9. The number of ether oxygens (including phenoxy) is 1. The number of fused-ring (bicyclic) bond motifs is 1. The Bertz CT molecular complexity index is 1130. The maximum absolute atomic E-state index is 13.5. The summed E-state index contributed by atoms with van der Waals surface area (Å²) in [5, 5.41) is 2.07. The second-order valence-electron chi connectivity index (χ2n) is 8.58. The molecule has 8 heteroatoms. The van der Waals surface area contributed by atoms with Crippen LogP contribution in [-0.2, 0) is 27.3 Å². The number of para-hydroxylation sites is 1. The van der Waals surface area contributed by atoms with Crippen LogP contribution in [0.2, 0.25) is 10.0 Å². The number of halogens is 2. The van der Waals surface area contributed by atoms with E-state index in [9.17, 15) is 9.59 Å². The highest BCUT2D eigenvalue weighted by Gasteiger charge is 2.21. The zero-order valence-electron chi connectivity index (χ0n) is 20.4. The van der Waals surface area contributed by atoms with Gasteiger partial charge in [-0.05, 0) is 48.6 Å². The van der Waals surface area contributed by atoms with Crippen LogP contribution in [0.25, 0.3) is 10.9 Å². The minimum Gasteiger partial charge on any atom is -0.385 e. The summed E-state index contributed by atoms with van der Waals surface area (Å²) in [6.45, 7) is 3.92. The second-order valence-corrected chi connectivity index (χ2v) is 9.40. The number of nitrogens with one attached hydrogen (secondary N) is 1. The fourth-order valence-corrected chi connectivity index (χ4v) is 4.39. The molecule has 1 aromatic heterocycles. The topological polar surface area (TPSA) is 65.6 Å². The smallest absolute Gasteiger partial charge is 0.242 e. The first-order chi connectivity index (χ1) is 16.9. The van der Waals surface area contributed by atoms with E-state index in [1.807, 2.05) is 37.4 Å². The fraction of sp³-hybridized carbons (Fsp3) is 0.407. The molecular weight excluding hydrogens is 485 g/mol. The van der Waals surface area contributed by atoms with Gasteiger partial charge >= 0.3 is 0 Å². The number of methoxy groups -OCH3 is 1. The predicted octanol–water partition coefficient (Wildman–Crippen LogP) is 5.71. The van der Waals surface area contributed by atoms with Crippen LogP contribution in [0.15, 0.2) is 48.7 Å². The summed E-state index contributed by atoms with van der Waals surface area (Å²) >= 11 is 12.3. The molecule has 0 unspecified atom stereocenters. The summed E-state index contributed by atoms with van der Waals surface area (Å²) in [7, 11) is 1.63. The Morgan fingerprint density at radius 3 is 2.54 bits per heavy atom. The van der Waals surface area contributed by atoms with Gasteiger partial charge in [0, 0.05) is 56.9 Å². The SMILES string of the molecule is CCCC(=O)N(CCCOC)CC(=O)N(CCc1c[nH]c2ccccc12)Cc1ccc(Cl)c(Cl)c1. The molecule has 0 bridgehead atoms. The molecule has 6 nitrogen and oxygen atoms in total. The van der Waals surface area contributed by atoms with Gasteiger partial charge in [-0.2, -0.15) is 0 Å². The van der Waals surface area contributed by atoms with Crippen LogP contribution in [0.5, 0.6) is 0 Å². The summed E-state index contributed by atoms with van der Waals surface area (Å²) in [5.74, 6) is -0.110. The molecule has 35 heavy (non-hydrogen) atoms. The molecule has 0 aliphatic heterocycles. The number of aromatic nitrogens is 1. The van der Waals surface area contributed by atoms with E-state index in [1.165, 1.54) is 0 Å². The monoisotopic (exact) mass is 517 g/mol. The summed E-state index contributed by atoms with van der Waals surface area (Å²) < 4.78 is 5.14. The number of nitrogens with zero attached hydrogens (tertiary/aromatic N) is 2. The Morgan fingerprint density at radius 2 is 1.80 bits per heavy atom. The summed E-state index contributed by atoms with van der Waals surface area (Å²) in [5.41, 5.74) is 3.10. The van der Waals surface area contributed by atoms with E-state index in [0.717, 1.165) is 28.5 Å². The largest absolute Gasteiger partial charge is 0.385 e. The summed E-state index contributed by atoms with van der Waals surface area (Å²) in [4.78, 5) is 33.0. The molecule has 0 aliphatic rings. The molecule has 0 saturated carbocycles. The van der Waals surface area contributed by atoms with E-state index in [1.54, 1.807) is 29.0 Å². The van der Waals surface area contributed by atoms with Gasteiger partial charge in [0.05, 0.1) is 16.6 Å². The molecule has 2 amide bonds. The molecular formula is C27H33Cl2N3O3. The third kappa shape index (κ3) is 7.72. The van der Waals surface area contributed by atoms with Gasteiger partial charge in [-0.3, -0.25) is 9.59 Å². The Hall–Kier alpha value is -2.54. The molecule has 0 saturated heterocycles. The van der Waals surface area contributed by atoms with Crippen LogP contribution in [0.3, 0.4) is 0 Å². The normalized spacial score (nSPS) is 11.1. The number of carbonyl (C=O) groups is 2. The van der Waals surface area contributed by atoms with Crippen LogP contribution in [0, 0.1) is 0 Å². The molecule has 0 aliphatic carbocycles. The van der Waals surface area contributed by atoms with Crippen LogP contribution >= 0.6 is 23.2 Å². The Kier molecular flexibility index (Phi) is 10.5. The van der Waals surface area contributed by atoms with E-state index in [2.05, 4.69) is 11.1 Å². The Morgan fingerprint density at radius 1 is 1.00 bits per heavy atom. The molecule has 0 radical (unpaired) electrons. The molecule has 0 fully saturated rings. The summed E-state index contributed by atoms with van der Waals surface area (Å²) in [6.07, 6.45) is 4.52. The summed E-state index contributed by atoms with van der Waals surface area (Å²) in [6, 6.07) is 13.5. The first-order valence-corrected chi connectivity index (χ1v) is 12.7. The van der Waals surface area contributed by atoms with Gasteiger partial charge < -0.3 is 19.5 Å². The molecule has 0 atom stereocenters. The number of hydrogen-bond acceptors (Lipinski definition) is 3.